The molecule has 0 aliphatic carbocycles. The molecule has 11 nitrogen and oxygen atoms in total. The first kappa shape index (κ1) is 34.9. The second-order valence-corrected chi connectivity index (χ2v) is 12.8. The van der Waals surface area contributed by atoms with Crippen LogP contribution in [0.1, 0.15) is 88.6 Å². The van der Waals surface area contributed by atoms with Crippen LogP contribution in [0.3, 0.4) is 0 Å². The zero-order valence-electron chi connectivity index (χ0n) is 26.4. The molecule has 0 fully saturated rings. The first-order valence-electron chi connectivity index (χ1n) is 13.9. The summed E-state index contributed by atoms with van der Waals surface area (Å²) >= 11 is 0. The lowest BCUT2D eigenvalue weighted by molar-refractivity contribution is -0.157. The molecule has 2 aromatic rings. The molecule has 0 radical (unpaired) electrons. The number of nitrogens with one attached hydrogen (secondary N) is 3. The standard InChI is InChI=1S/C32H43N3O8/c1-30(2,3)41-18-24(26(37)20-14-16-23(17-15-20)40-19-25(36)42-31(4,5)6)34-28(38)22-12-10-21(11-13-22)27(33)35-29(39)43-32(7,8)9/h10-17,24H,18-19H2,1-9H3,(H,34,38)(H2,33,35,39)/t24-/m0/s1. The number of Topliss-reactive ketones (excluding diaryl/α,β-unsaturated/α-hetero) is 1. The van der Waals surface area contributed by atoms with Crippen molar-refractivity contribution in [3.05, 3.63) is 65.2 Å². The van der Waals surface area contributed by atoms with Crippen molar-refractivity contribution in [2.75, 3.05) is 13.2 Å². The predicted molar refractivity (Wildman–Crippen MR) is 162 cm³/mol. The predicted octanol–water partition coefficient (Wildman–Crippen LogP) is 5.05. The Morgan fingerprint density at radius 1 is 0.721 bits per heavy atom. The van der Waals surface area contributed by atoms with Gasteiger partial charge >= 0.3 is 12.1 Å². The summed E-state index contributed by atoms with van der Waals surface area (Å²) in [6.07, 6.45) is -0.762. The molecule has 0 aromatic heterocycles. The Balaban J connectivity index is 2.10. The smallest absolute Gasteiger partial charge is 0.413 e. The van der Waals surface area contributed by atoms with Gasteiger partial charge in [0.1, 0.15) is 28.8 Å². The summed E-state index contributed by atoms with van der Waals surface area (Å²) in [5, 5.41) is 13.2. The average Bonchev–Trinajstić information content (AvgIpc) is 2.87. The molecule has 0 unspecified atom stereocenters. The van der Waals surface area contributed by atoms with Crippen LogP contribution in [-0.4, -0.2) is 65.6 Å². The molecule has 0 spiro atoms. The molecule has 0 aliphatic heterocycles. The number of hydrogen-bond donors (Lipinski definition) is 3. The minimum atomic E-state index is -1.01. The van der Waals surface area contributed by atoms with Gasteiger partial charge in [0.2, 0.25) is 0 Å². The summed E-state index contributed by atoms with van der Waals surface area (Å²) in [6, 6.07) is 11.2. The van der Waals surface area contributed by atoms with Gasteiger partial charge in [-0.1, -0.05) is 12.1 Å². The third kappa shape index (κ3) is 13.1. The molecule has 0 heterocycles. The van der Waals surface area contributed by atoms with E-state index in [2.05, 4.69) is 10.6 Å². The van der Waals surface area contributed by atoms with Crippen molar-refractivity contribution in [2.45, 2.75) is 85.2 Å². The third-order valence-corrected chi connectivity index (χ3v) is 5.28. The molecule has 0 aliphatic rings. The van der Waals surface area contributed by atoms with Crippen LogP contribution in [0, 0.1) is 5.41 Å². The number of carbonyl (C=O) groups is 4. The molecule has 0 saturated heterocycles. The fraction of sp³-hybridized carbons (Fsp3) is 0.469. The first-order chi connectivity index (χ1) is 19.7. The molecule has 0 saturated carbocycles. The van der Waals surface area contributed by atoms with Crippen LogP contribution in [0.25, 0.3) is 0 Å². The Morgan fingerprint density at radius 3 is 1.74 bits per heavy atom. The number of ketones is 1. The van der Waals surface area contributed by atoms with Gasteiger partial charge < -0.3 is 24.3 Å². The average molecular weight is 598 g/mol. The van der Waals surface area contributed by atoms with Crippen LogP contribution in [0.2, 0.25) is 0 Å². The van der Waals surface area contributed by atoms with Crippen LogP contribution in [0.4, 0.5) is 4.79 Å². The van der Waals surface area contributed by atoms with Crippen molar-refractivity contribution in [1.82, 2.24) is 10.6 Å². The maximum atomic E-state index is 13.4. The second kappa shape index (κ2) is 14.3. The SMILES string of the molecule is CC(C)(C)OC[C@H](NC(=O)c1ccc(C(=N)NC(=O)OC(C)(C)C)cc1)C(=O)c1ccc(OCC(=O)OC(C)(C)C)cc1. The van der Waals surface area contributed by atoms with Crippen LogP contribution < -0.4 is 15.4 Å². The van der Waals surface area contributed by atoms with E-state index >= 15 is 0 Å². The highest BCUT2D eigenvalue weighted by molar-refractivity contribution is 6.06. The summed E-state index contributed by atoms with van der Waals surface area (Å²) in [5.74, 6) is -1.23. The zero-order valence-corrected chi connectivity index (χ0v) is 26.4. The number of esters is 1. The number of amides is 2. The topological polar surface area (TPSA) is 153 Å². The minimum absolute atomic E-state index is 0.0759. The number of amidine groups is 1. The highest BCUT2D eigenvalue weighted by atomic mass is 16.6. The Kier molecular flexibility index (Phi) is 11.6. The maximum absolute atomic E-state index is 13.4. The number of hydrogen-bond acceptors (Lipinski definition) is 9. The molecule has 1 atom stereocenters. The molecule has 2 aromatic carbocycles. The van der Waals surface area contributed by atoms with Gasteiger partial charge in [-0.05, 0) is 98.7 Å². The fourth-order valence-electron chi connectivity index (χ4n) is 3.45. The highest BCUT2D eigenvalue weighted by Crippen LogP contribution is 2.17. The maximum Gasteiger partial charge on any atom is 0.413 e. The summed E-state index contributed by atoms with van der Waals surface area (Å²) in [5.41, 5.74) is -0.992. The van der Waals surface area contributed by atoms with Crippen molar-refractivity contribution >= 4 is 29.6 Å². The number of alkyl carbamates (subject to hydrolysis) is 1. The Hall–Kier alpha value is -4.25. The first-order valence-corrected chi connectivity index (χ1v) is 13.9. The molecule has 234 valence electrons. The van der Waals surface area contributed by atoms with Crippen molar-refractivity contribution in [3.63, 3.8) is 0 Å². The van der Waals surface area contributed by atoms with Gasteiger partial charge in [0.25, 0.3) is 5.91 Å². The number of rotatable bonds is 10. The lowest BCUT2D eigenvalue weighted by Gasteiger charge is -2.24. The van der Waals surface area contributed by atoms with E-state index < -0.39 is 40.8 Å². The second-order valence-electron chi connectivity index (χ2n) is 12.8. The number of benzene rings is 2. The van der Waals surface area contributed by atoms with E-state index in [4.69, 9.17) is 24.4 Å². The molecule has 2 rings (SSSR count). The van der Waals surface area contributed by atoms with Crippen molar-refractivity contribution in [3.8, 4) is 5.75 Å². The van der Waals surface area contributed by atoms with Gasteiger partial charge in [-0.3, -0.25) is 20.3 Å². The van der Waals surface area contributed by atoms with E-state index in [0.29, 0.717) is 16.9 Å². The van der Waals surface area contributed by atoms with Gasteiger partial charge in [0.05, 0.1) is 12.2 Å². The van der Waals surface area contributed by atoms with Gasteiger partial charge in [-0.15, -0.1) is 0 Å². The molecule has 2 amide bonds. The molecule has 3 N–H and O–H groups in total. The van der Waals surface area contributed by atoms with Crippen LogP contribution in [-0.2, 0) is 19.0 Å². The van der Waals surface area contributed by atoms with Gasteiger partial charge in [-0.25, -0.2) is 9.59 Å². The van der Waals surface area contributed by atoms with E-state index in [9.17, 15) is 19.2 Å². The molecular weight excluding hydrogens is 554 g/mol. The minimum Gasteiger partial charge on any atom is -0.482 e. The lowest BCUT2D eigenvalue weighted by atomic mass is 10.0. The lowest BCUT2D eigenvalue weighted by Crippen LogP contribution is -2.45. The van der Waals surface area contributed by atoms with E-state index in [1.165, 1.54) is 24.3 Å². The fourth-order valence-corrected chi connectivity index (χ4v) is 3.45. The van der Waals surface area contributed by atoms with Gasteiger partial charge in [0.15, 0.2) is 12.4 Å². The van der Waals surface area contributed by atoms with Gasteiger partial charge in [0, 0.05) is 16.7 Å². The summed E-state index contributed by atoms with van der Waals surface area (Å²) < 4.78 is 21.7. The van der Waals surface area contributed by atoms with Crippen molar-refractivity contribution in [2.24, 2.45) is 0 Å². The number of carbonyl (C=O) groups excluding carboxylic acids is 4. The zero-order chi connectivity index (χ0) is 32.6. The monoisotopic (exact) mass is 597 g/mol. The summed E-state index contributed by atoms with van der Waals surface area (Å²) in [7, 11) is 0. The summed E-state index contributed by atoms with van der Waals surface area (Å²) in [6.45, 7) is 15.6. The van der Waals surface area contributed by atoms with Crippen molar-refractivity contribution in [1.29, 1.82) is 5.41 Å². The van der Waals surface area contributed by atoms with Gasteiger partial charge in [-0.2, -0.15) is 0 Å². The van der Waals surface area contributed by atoms with E-state index in [1.807, 2.05) is 20.8 Å². The van der Waals surface area contributed by atoms with E-state index in [0.717, 1.165) is 0 Å². The Labute approximate surface area is 253 Å². The molecular formula is C32H43N3O8. The Bertz CT molecular complexity index is 1300. The molecule has 43 heavy (non-hydrogen) atoms. The van der Waals surface area contributed by atoms with E-state index in [1.54, 1.807) is 65.8 Å². The number of ether oxygens (including phenoxy) is 4. The summed E-state index contributed by atoms with van der Waals surface area (Å²) in [4.78, 5) is 50.4. The largest absolute Gasteiger partial charge is 0.482 e. The Morgan fingerprint density at radius 2 is 1.23 bits per heavy atom. The quantitative estimate of drug-likeness (QED) is 0.149. The third-order valence-electron chi connectivity index (χ3n) is 5.28. The van der Waals surface area contributed by atoms with Crippen LogP contribution in [0.5, 0.6) is 5.75 Å². The normalized spacial score (nSPS) is 12.5. The van der Waals surface area contributed by atoms with Crippen molar-refractivity contribution < 1.29 is 38.1 Å². The molecule has 11 heteroatoms. The molecule has 0 bridgehead atoms. The van der Waals surface area contributed by atoms with E-state index in [-0.39, 0.29) is 30.4 Å². The highest BCUT2D eigenvalue weighted by Gasteiger charge is 2.26. The van der Waals surface area contributed by atoms with Crippen LogP contribution in [0.15, 0.2) is 48.5 Å². The van der Waals surface area contributed by atoms with Crippen LogP contribution >= 0.6 is 0 Å².